The summed E-state index contributed by atoms with van der Waals surface area (Å²) in [6, 6.07) is 7.25. The van der Waals surface area contributed by atoms with Gasteiger partial charge in [-0.1, -0.05) is 12.1 Å². The van der Waals surface area contributed by atoms with Gasteiger partial charge in [0.25, 0.3) is 0 Å². The highest BCUT2D eigenvalue weighted by atomic mass is 32.1. The normalized spacial score (nSPS) is 31.2. The highest BCUT2D eigenvalue weighted by molar-refractivity contribution is 7.80. The fraction of sp³-hybridized carbons (Fsp3) is 0.467. The van der Waals surface area contributed by atoms with Crippen molar-refractivity contribution in [3.05, 3.63) is 24.3 Å². The molecule has 2 bridgehead atoms. The van der Waals surface area contributed by atoms with Gasteiger partial charge < -0.3 is 10.4 Å². The van der Waals surface area contributed by atoms with E-state index in [1.807, 2.05) is 12.1 Å². The molecular formula is C15H17NO3S. The number of benzene rings is 1. The number of carbonyl (C=O) groups excluding carboxylic acids is 1. The number of thiol groups is 1. The molecule has 0 saturated heterocycles. The van der Waals surface area contributed by atoms with E-state index in [0.717, 1.165) is 19.3 Å². The molecule has 2 fully saturated rings. The Morgan fingerprint density at radius 2 is 1.80 bits per heavy atom. The highest BCUT2D eigenvalue weighted by Crippen LogP contribution is 2.52. The third kappa shape index (κ3) is 2.20. The Morgan fingerprint density at radius 3 is 2.45 bits per heavy atom. The van der Waals surface area contributed by atoms with Gasteiger partial charge in [-0.05, 0) is 43.2 Å². The lowest BCUT2D eigenvalue weighted by Gasteiger charge is -2.27. The molecule has 2 aliphatic rings. The molecule has 0 heterocycles. The number of fused-ring (bicyclic) bond motifs is 2. The second-order valence-corrected chi connectivity index (χ2v) is 6.21. The zero-order chi connectivity index (χ0) is 14.3. The summed E-state index contributed by atoms with van der Waals surface area (Å²) >= 11 is 4.30. The lowest BCUT2D eigenvalue weighted by atomic mass is 9.78. The Morgan fingerprint density at radius 1 is 1.15 bits per heavy atom. The quantitative estimate of drug-likeness (QED) is 0.750. The van der Waals surface area contributed by atoms with Crippen molar-refractivity contribution < 1.29 is 14.7 Å². The molecule has 1 amide bonds. The molecule has 5 heteroatoms. The van der Waals surface area contributed by atoms with Crippen molar-refractivity contribution in [2.24, 2.45) is 23.7 Å². The number of nitrogens with one attached hydrogen (secondary N) is 1. The van der Waals surface area contributed by atoms with Crippen LogP contribution in [0, 0.1) is 23.7 Å². The summed E-state index contributed by atoms with van der Waals surface area (Å²) in [5, 5.41) is 12.2. The van der Waals surface area contributed by atoms with E-state index >= 15 is 0 Å². The fourth-order valence-electron chi connectivity index (χ4n) is 3.82. The van der Waals surface area contributed by atoms with Crippen molar-refractivity contribution in [1.82, 2.24) is 0 Å². The number of hydrogen-bond donors (Lipinski definition) is 3. The van der Waals surface area contributed by atoms with Gasteiger partial charge in [0.15, 0.2) is 0 Å². The maximum absolute atomic E-state index is 12.5. The van der Waals surface area contributed by atoms with E-state index in [1.54, 1.807) is 12.1 Å². The summed E-state index contributed by atoms with van der Waals surface area (Å²) in [4.78, 5) is 24.6. The number of aliphatic carboxylic acids is 1. The second-order valence-electron chi connectivity index (χ2n) is 5.73. The van der Waals surface area contributed by atoms with Crippen LogP contribution < -0.4 is 5.32 Å². The molecule has 2 saturated carbocycles. The molecule has 2 aliphatic carbocycles. The third-order valence-corrected chi connectivity index (χ3v) is 5.06. The minimum Gasteiger partial charge on any atom is -0.481 e. The number of amides is 1. The van der Waals surface area contributed by atoms with Gasteiger partial charge in [0.1, 0.15) is 0 Å². The summed E-state index contributed by atoms with van der Waals surface area (Å²) in [6.07, 6.45) is 2.78. The number of carboxylic acids is 1. The number of para-hydroxylation sites is 1. The average molecular weight is 291 g/mol. The van der Waals surface area contributed by atoms with Crippen molar-refractivity contribution in [1.29, 1.82) is 0 Å². The average Bonchev–Trinajstić information content (AvgIpc) is 3.01. The number of carbonyl (C=O) groups is 2. The van der Waals surface area contributed by atoms with Crippen LogP contribution in [0.4, 0.5) is 5.69 Å². The second kappa shape index (κ2) is 5.13. The van der Waals surface area contributed by atoms with Gasteiger partial charge in [-0.2, -0.15) is 0 Å². The Balaban J connectivity index is 1.80. The zero-order valence-corrected chi connectivity index (χ0v) is 11.8. The van der Waals surface area contributed by atoms with E-state index in [9.17, 15) is 14.7 Å². The molecule has 4 atom stereocenters. The highest BCUT2D eigenvalue weighted by Gasteiger charge is 2.53. The Bertz CT molecular complexity index is 560. The maximum atomic E-state index is 12.5. The predicted molar refractivity (Wildman–Crippen MR) is 77.8 cm³/mol. The molecule has 4 nitrogen and oxygen atoms in total. The summed E-state index contributed by atoms with van der Waals surface area (Å²) < 4.78 is 0. The SMILES string of the molecule is O=C(O)[C@H]1[C@H]2CC[C@H](C2)[C@@H]1C(=O)Nc1ccccc1S. The molecule has 0 aromatic heterocycles. The van der Waals surface area contributed by atoms with Crippen LogP contribution in [0.25, 0.3) is 0 Å². The minimum atomic E-state index is -0.837. The number of carboxylic acid groups (broad SMARTS) is 1. The van der Waals surface area contributed by atoms with Crippen LogP contribution in [-0.2, 0) is 9.59 Å². The summed E-state index contributed by atoms with van der Waals surface area (Å²) in [5.74, 6) is -1.56. The number of hydrogen-bond acceptors (Lipinski definition) is 3. The van der Waals surface area contributed by atoms with E-state index in [2.05, 4.69) is 17.9 Å². The molecule has 2 N–H and O–H groups in total. The van der Waals surface area contributed by atoms with Crippen LogP contribution in [0.3, 0.4) is 0 Å². The first-order valence-electron chi connectivity index (χ1n) is 6.89. The molecule has 3 rings (SSSR count). The number of anilines is 1. The molecule has 0 spiro atoms. The Hall–Kier alpha value is -1.49. The minimum absolute atomic E-state index is 0.166. The standard InChI is InChI=1S/C15H17NO3S/c17-14(16-10-3-1-2-4-11(10)20)12-8-5-6-9(7-8)13(12)15(18)19/h1-4,8-9,12-13,20H,5-7H2,(H,16,17)(H,18,19)/t8-,9+,12+,13+/m1/s1. The molecule has 0 unspecified atom stereocenters. The van der Waals surface area contributed by atoms with E-state index in [0.29, 0.717) is 10.6 Å². The first kappa shape index (κ1) is 13.5. The van der Waals surface area contributed by atoms with Gasteiger partial charge in [0.2, 0.25) is 5.91 Å². The van der Waals surface area contributed by atoms with E-state index in [1.165, 1.54) is 0 Å². The molecular weight excluding hydrogens is 274 g/mol. The first-order valence-corrected chi connectivity index (χ1v) is 7.34. The van der Waals surface area contributed by atoms with Crippen LogP contribution in [0.1, 0.15) is 19.3 Å². The van der Waals surface area contributed by atoms with Crippen LogP contribution in [0.2, 0.25) is 0 Å². The Kier molecular flexibility index (Phi) is 3.46. The van der Waals surface area contributed by atoms with Crippen LogP contribution in [0.5, 0.6) is 0 Å². The lowest BCUT2D eigenvalue weighted by molar-refractivity contribution is -0.148. The van der Waals surface area contributed by atoms with Gasteiger partial charge in [-0.15, -0.1) is 12.6 Å². The monoisotopic (exact) mass is 291 g/mol. The molecule has 20 heavy (non-hydrogen) atoms. The topological polar surface area (TPSA) is 66.4 Å². The Labute approximate surface area is 123 Å². The van der Waals surface area contributed by atoms with E-state index in [-0.39, 0.29) is 17.7 Å². The number of rotatable bonds is 3. The van der Waals surface area contributed by atoms with Gasteiger partial charge >= 0.3 is 5.97 Å². The third-order valence-electron chi connectivity index (χ3n) is 4.67. The van der Waals surface area contributed by atoms with Crippen LogP contribution >= 0.6 is 12.6 Å². The lowest BCUT2D eigenvalue weighted by Crippen LogP contribution is -2.37. The van der Waals surface area contributed by atoms with E-state index < -0.39 is 17.8 Å². The molecule has 106 valence electrons. The fourth-order valence-corrected chi connectivity index (χ4v) is 4.04. The molecule has 1 aromatic rings. The van der Waals surface area contributed by atoms with Crippen LogP contribution in [-0.4, -0.2) is 17.0 Å². The van der Waals surface area contributed by atoms with Crippen molar-refractivity contribution in [2.75, 3.05) is 5.32 Å². The molecule has 1 aromatic carbocycles. The largest absolute Gasteiger partial charge is 0.481 e. The van der Waals surface area contributed by atoms with Gasteiger partial charge in [-0.3, -0.25) is 9.59 Å². The molecule has 0 radical (unpaired) electrons. The zero-order valence-electron chi connectivity index (χ0n) is 11.0. The van der Waals surface area contributed by atoms with Crippen molar-refractivity contribution in [2.45, 2.75) is 24.2 Å². The van der Waals surface area contributed by atoms with Crippen molar-refractivity contribution in [3.63, 3.8) is 0 Å². The van der Waals surface area contributed by atoms with E-state index in [4.69, 9.17) is 0 Å². The van der Waals surface area contributed by atoms with Crippen LogP contribution in [0.15, 0.2) is 29.2 Å². The smallest absolute Gasteiger partial charge is 0.307 e. The van der Waals surface area contributed by atoms with Gasteiger partial charge in [-0.25, -0.2) is 0 Å². The first-order chi connectivity index (χ1) is 9.58. The van der Waals surface area contributed by atoms with Crippen molar-refractivity contribution >= 4 is 30.2 Å². The summed E-state index contributed by atoms with van der Waals surface area (Å²) in [5.41, 5.74) is 0.646. The van der Waals surface area contributed by atoms with Gasteiger partial charge in [0.05, 0.1) is 17.5 Å². The van der Waals surface area contributed by atoms with Crippen molar-refractivity contribution in [3.8, 4) is 0 Å². The predicted octanol–water partition coefficient (Wildman–Crippen LogP) is 2.66. The molecule has 0 aliphatic heterocycles. The summed E-state index contributed by atoms with van der Waals surface area (Å²) in [6.45, 7) is 0. The summed E-state index contributed by atoms with van der Waals surface area (Å²) in [7, 11) is 0. The van der Waals surface area contributed by atoms with Gasteiger partial charge in [0, 0.05) is 4.90 Å². The maximum Gasteiger partial charge on any atom is 0.307 e.